The first-order valence-corrected chi connectivity index (χ1v) is 8.25. The van der Waals surface area contributed by atoms with E-state index in [1.54, 1.807) is 6.92 Å². The molecule has 0 fully saturated rings. The molecular formula is C19H30N2O3. The second kappa shape index (κ2) is 10.1. The third kappa shape index (κ3) is 6.34. The quantitative estimate of drug-likeness (QED) is 0.296. The van der Waals surface area contributed by atoms with Crippen molar-refractivity contribution < 1.29 is 14.6 Å². The molecule has 0 spiro atoms. The molecule has 1 heterocycles. The zero-order valence-corrected chi connectivity index (χ0v) is 15.5. The van der Waals surface area contributed by atoms with Crippen molar-refractivity contribution in [2.24, 2.45) is 0 Å². The van der Waals surface area contributed by atoms with Crippen molar-refractivity contribution in [1.29, 1.82) is 0 Å². The Hall–Kier alpha value is -1.85. The van der Waals surface area contributed by atoms with Crippen molar-refractivity contribution >= 4 is 0 Å². The fourth-order valence-corrected chi connectivity index (χ4v) is 2.27. The first-order chi connectivity index (χ1) is 11.4. The zero-order valence-electron chi connectivity index (χ0n) is 15.5. The molecule has 0 bridgehead atoms. The Kier molecular flexibility index (Phi) is 8.50. The number of aliphatic hydroxyl groups is 1. The van der Waals surface area contributed by atoms with Gasteiger partial charge in [0, 0.05) is 12.8 Å². The molecule has 0 aliphatic carbocycles. The Morgan fingerprint density at radius 2 is 2.00 bits per heavy atom. The van der Waals surface area contributed by atoms with E-state index in [9.17, 15) is 5.11 Å². The second-order valence-corrected chi connectivity index (χ2v) is 5.99. The average molecular weight is 334 g/mol. The highest BCUT2D eigenvalue weighted by Crippen LogP contribution is 2.14. The van der Waals surface area contributed by atoms with Gasteiger partial charge < -0.3 is 14.6 Å². The van der Waals surface area contributed by atoms with E-state index in [0.29, 0.717) is 12.4 Å². The van der Waals surface area contributed by atoms with Gasteiger partial charge >= 0.3 is 0 Å². The SMILES string of the molecule is C=C(OCCCCc1c(C)n[nH]c1C)/C(C)=C\C=C(/C)C(O)OC. The summed E-state index contributed by atoms with van der Waals surface area (Å²) < 4.78 is 10.5. The van der Waals surface area contributed by atoms with Gasteiger partial charge in [-0.3, -0.25) is 5.10 Å². The van der Waals surface area contributed by atoms with Crippen LogP contribution in [-0.2, 0) is 15.9 Å². The number of hydrogen-bond acceptors (Lipinski definition) is 4. The first-order valence-electron chi connectivity index (χ1n) is 8.25. The molecule has 134 valence electrons. The monoisotopic (exact) mass is 334 g/mol. The summed E-state index contributed by atoms with van der Waals surface area (Å²) in [4.78, 5) is 0. The molecule has 0 aliphatic rings. The zero-order chi connectivity index (χ0) is 18.1. The summed E-state index contributed by atoms with van der Waals surface area (Å²) >= 11 is 0. The van der Waals surface area contributed by atoms with Crippen LogP contribution in [0.1, 0.15) is 43.6 Å². The Balaban J connectivity index is 2.33. The number of hydrogen-bond donors (Lipinski definition) is 2. The second-order valence-electron chi connectivity index (χ2n) is 5.99. The fraction of sp³-hybridized carbons (Fsp3) is 0.526. The average Bonchev–Trinajstić information content (AvgIpc) is 2.89. The highest BCUT2D eigenvalue weighted by atomic mass is 16.6. The van der Waals surface area contributed by atoms with Gasteiger partial charge in [-0.1, -0.05) is 18.7 Å². The van der Waals surface area contributed by atoms with Crippen LogP contribution in [0, 0.1) is 13.8 Å². The maximum atomic E-state index is 9.52. The van der Waals surface area contributed by atoms with Gasteiger partial charge in [0.25, 0.3) is 0 Å². The molecular weight excluding hydrogens is 304 g/mol. The predicted molar refractivity (Wildman–Crippen MR) is 96.6 cm³/mol. The van der Waals surface area contributed by atoms with E-state index in [-0.39, 0.29) is 0 Å². The minimum Gasteiger partial charge on any atom is -0.494 e. The summed E-state index contributed by atoms with van der Waals surface area (Å²) in [5, 5.41) is 16.7. The van der Waals surface area contributed by atoms with E-state index < -0.39 is 6.29 Å². The van der Waals surface area contributed by atoms with Crippen LogP contribution in [0.25, 0.3) is 0 Å². The molecule has 1 aromatic heterocycles. The lowest BCUT2D eigenvalue weighted by molar-refractivity contribution is -0.0444. The number of aromatic amines is 1. The summed E-state index contributed by atoms with van der Waals surface area (Å²) in [6.45, 7) is 12.4. The molecule has 5 heteroatoms. The van der Waals surface area contributed by atoms with E-state index in [1.165, 1.54) is 12.7 Å². The summed E-state index contributed by atoms with van der Waals surface area (Å²) in [6, 6.07) is 0. The Labute approximate surface area is 145 Å². The van der Waals surface area contributed by atoms with Gasteiger partial charge in [0.2, 0.25) is 0 Å². The third-order valence-corrected chi connectivity index (χ3v) is 4.03. The van der Waals surface area contributed by atoms with Crippen LogP contribution >= 0.6 is 0 Å². The molecule has 0 radical (unpaired) electrons. The normalized spacial score (nSPS) is 13.9. The fourth-order valence-electron chi connectivity index (χ4n) is 2.27. The van der Waals surface area contributed by atoms with Crippen LogP contribution in [0.5, 0.6) is 0 Å². The molecule has 1 atom stereocenters. The summed E-state index contributed by atoms with van der Waals surface area (Å²) in [5.74, 6) is 0.654. The molecule has 1 unspecified atom stereocenters. The van der Waals surface area contributed by atoms with Gasteiger partial charge in [0.05, 0.1) is 12.3 Å². The standard InChI is InChI=1S/C19H30N2O3/c1-13(10-11-14(2)19(22)23-6)17(5)24-12-8-7-9-18-15(3)20-21-16(18)4/h10-11,19,22H,5,7-9,12H2,1-4,6H3,(H,20,21)/b13-10-,14-11+. The van der Waals surface area contributed by atoms with Gasteiger partial charge in [0.15, 0.2) is 6.29 Å². The molecule has 2 N–H and O–H groups in total. The van der Waals surface area contributed by atoms with Gasteiger partial charge in [-0.25, -0.2) is 0 Å². The van der Waals surface area contributed by atoms with Gasteiger partial charge in [-0.15, -0.1) is 0 Å². The Morgan fingerprint density at radius 1 is 1.29 bits per heavy atom. The van der Waals surface area contributed by atoms with E-state index >= 15 is 0 Å². The molecule has 0 amide bonds. The lowest BCUT2D eigenvalue weighted by Gasteiger charge is -2.10. The van der Waals surface area contributed by atoms with E-state index in [1.807, 2.05) is 26.0 Å². The number of aryl methyl sites for hydroxylation is 2. The van der Waals surface area contributed by atoms with Crippen molar-refractivity contribution in [3.05, 3.63) is 52.6 Å². The maximum Gasteiger partial charge on any atom is 0.176 e. The van der Waals surface area contributed by atoms with Gasteiger partial charge in [-0.2, -0.15) is 5.10 Å². The molecule has 0 saturated heterocycles. The maximum absolute atomic E-state index is 9.52. The van der Waals surface area contributed by atoms with Gasteiger partial charge in [0.1, 0.15) is 5.76 Å². The summed E-state index contributed by atoms with van der Waals surface area (Å²) in [7, 11) is 1.47. The lowest BCUT2D eigenvalue weighted by Crippen LogP contribution is -2.09. The number of aromatic nitrogens is 2. The van der Waals surface area contributed by atoms with Crippen molar-refractivity contribution in [3.8, 4) is 0 Å². The Morgan fingerprint density at radius 3 is 2.58 bits per heavy atom. The third-order valence-electron chi connectivity index (χ3n) is 4.03. The van der Waals surface area contributed by atoms with E-state index in [0.717, 1.165) is 41.8 Å². The van der Waals surface area contributed by atoms with E-state index in [4.69, 9.17) is 9.47 Å². The molecule has 24 heavy (non-hydrogen) atoms. The van der Waals surface area contributed by atoms with Gasteiger partial charge in [-0.05, 0) is 63.7 Å². The number of unbranched alkanes of at least 4 members (excludes halogenated alkanes) is 1. The van der Waals surface area contributed by atoms with E-state index in [2.05, 4.69) is 23.7 Å². The predicted octanol–water partition coefficient (Wildman–Crippen LogP) is 3.74. The number of nitrogens with zero attached hydrogens (tertiary/aromatic N) is 1. The van der Waals surface area contributed by atoms with Crippen LogP contribution in [-0.4, -0.2) is 35.3 Å². The minimum atomic E-state index is -0.877. The highest BCUT2D eigenvalue weighted by molar-refractivity contribution is 5.27. The van der Waals surface area contributed by atoms with Crippen molar-refractivity contribution in [2.75, 3.05) is 13.7 Å². The molecule has 0 aromatic carbocycles. The lowest BCUT2D eigenvalue weighted by atomic mass is 10.1. The van der Waals surface area contributed by atoms with Crippen LogP contribution in [0.4, 0.5) is 0 Å². The topological polar surface area (TPSA) is 67.4 Å². The highest BCUT2D eigenvalue weighted by Gasteiger charge is 2.06. The number of ether oxygens (including phenoxy) is 2. The number of nitrogens with one attached hydrogen (secondary N) is 1. The number of methoxy groups -OCH3 is 1. The van der Waals surface area contributed by atoms with Crippen LogP contribution in [0.15, 0.2) is 35.6 Å². The summed E-state index contributed by atoms with van der Waals surface area (Å²) in [6.07, 6.45) is 5.83. The smallest absolute Gasteiger partial charge is 0.176 e. The van der Waals surface area contributed by atoms with Crippen molar-refractivity contribution in [2.45, 2.75) is 53.2 Å². The summed E-state index contributed by atoms with van der Waals surface area (Å²) in [5.41, 5.74) is 5.20. The number of allylic oxidation sites excluding steroid dienone is 3. The molecule has 1 aromatic rings. The minimum absolute atomic E-state index is 0.642. The Bertz CT molecular complexity index is 580. The van der Waals surface area contributed by atoms with Crippen molar-refractivity contribution in [1.82, 2.24) is 10.2 Å². The number of rotatable bonds is 10. The largest absolute Gasteiger partial charge is 0.494 e. The molecule has 5 nitrogen and oxygen atoms in total. The number of H-pyrrole nitrogens is 1. The first kappa shape index (κ1) is 20.2. The van der Waals surface area contributed by atoms with Crippen molar-refractivity contribution in [3.63, 3.8) is 0 Å². The van der Waals surface area contributed by atoms with Crippen LogP contribution < -0.4 is 0 Å². The number of aliphatic hydroxyl groups excluding tert-OH is 1. The molecule has 0 aliphatic heterocycles. The molecule has 0 saturated carbocycles. The molecule has 1 rings (SSSR count). The van der Waals surface area contributed by atoms with Crippen LogP contribution in [0.2, 0.25) is 0 Å². The van der Waals surface area contributed by atoms with Crippen LogP contribution in [0.3, 0.4) is 0 Å².